The first-order valence-electron chi connectivity index (χ1n) is 5.79. The summed E-state index contributed by atoms with van der Waals surface area (Å²) in [5.41, 5.74) is 2.75. The van der Waals surface area contributed by atoms with Crippen LogP contribution < -0.4 is 0 Å². The van der Waals surface area contributed by atoms with Crippen LogP contribution in [0.5, 0.6) is 0 Å². The van der Waals surface area contributed by atoms with Gasteiger partial charge < -0.3 is 4.79 Å². The Morgan fingerprint density at radius 3 is 2.07 bits per heavy atom. The SMILES string of the molecule is CCCc1ccc(CCCC(C)=O)cc1. The fourth-order valence-electron chi connectivity index (χ4n) is 1.70. The van der Waals surface area contributed by atoms with E-state index in [0.717, 1.165) is 19.3 Å². The molecule has 1 aromatic rings. The number of Topliss-reactive ketones (excluding diaryl/α,β-unsaturated/α-hetero) is 1. The second-order valence-electron chi connectivity index (χ2n) is 4.12. The molecule has 15 heavy (non-hydrogen) atoms. The Hall–Kier alpha value is -1.11. The van der Waals surface area contributed by atoms with Crippen LogP contribution in [0.1, 0.15) is 44.2 Å². The lowest BCUT2D eigenvalue weighted by molar-refractivity contribution is -0.117. The van der Waals surface area contributed by atoms with Crippen molar-refractivity contribution < 1.29 is 4.79 Å². The van der Waals surface area contributed by atoms with E-state index in [1.54, 1.807) is 6.92 Å². The van der Waals surface area contributed by atoms with Crippen molar-refractivity contribution in [1.29, 1.82) is 0 Å². The molecule has 0 aliphatic heterocycles. The van der Waals surface area contributed by atoms with E-state index in [-0.39, 0.29) is 5.78 Å². The molecule has 0 radical (unpaired) electrons. The summed E-state index contributed by atoms with van der Waals surface area (Å²) in [5.74, 6) is 0.289. The predicted octanol–water partition coefficient (Wildman–Crippen LogP) is 3.55. The number of ketones is 1. The van der Waals surface area contributed by atoms with Crippen LogP contribution in [0.4, 0.5) is 0 Å². The number of carbonyl (C=O) groups is 1. The van der Waals surface area contributed by atoms with Crippen molar-refractivity contribution >= 4 is 5.78 Å². The lowest BCUT2D eigenvalue weighted by Gasteiger charge is -2.02. The van der Waals surface area contributed by atoms with Crippen molar-refractivity contribution in [2.75, 3.05) is 0 Å². The monoisotopic (exact) mass is 204 g/mol. The highest BCUT2D eigenvalue weighted by Crippen LogP contribution is 2.09. The van der Waals surface area contributed by atoms with E-state index in [1.165, 1.54) is 17.5 Å². The van der Waals surface area contributed by atoms with Gasteiger partial charge in [0.2, 0.25) is 0 Å². The molecule has 0 aliphatic rings. The summed E-state index contributed by atoms with van der Waals surface area (Å²) in [6.07, 6.45) is 5.06. The van der Waals surface area contributed by atoms with Crippen LogP contribution in [0.15, 0.2) is 24.3 Å². The highest BCUT2D eigenvalue weighted by atomic mass is 16.1. The van der Waals surface area contributed by atoms with Gasteiger partial charge in [-0.3, -0.25) is 0 Å². The molecule has 1 rings (SSSR count). The van der Waals surface area contributed by atoms with E-state index < -0.39 is 0 Å². The number of carbonyl (C=O) groups excluding carboxylic acids is 1. The minimum atomic E-state index is 0.289. The van der Waals surface area contributed by atoms with Crippen LogP contribution in [-0.2, 0) is 17.6 Å². The molecule has 0 amide bonds. The zero-order valence-corrected chi connectivity index (χ0v) is 9.75. The van der Waals surface area contributed by atoms with Gasteiger partial charge in [0.25, 0.3) is 0 Å². The summed E-state index contributed by atoms with van der Waals surface area (Å²) < 4.78 is 0. The number of rotatable bonds is 6. The Bertz CT molecular complexity index is 298. The highest BCUT2D eigenvalue weighted by Gasteiger charge is 1.97. The van der Waals surface area contributed by atoms with Gasteiger partial charge in [0.15, 0.2) is 0 Å². The molecule has 1 nitrogen and oxygen atoms in total. The zero-order valence-electron chi connectivity index (χ0n) is 9.75. The highest BCUT2D eigenvalue weighted by molar-refractivity contribution is 5.75. The number of aryl methyl sites for hydroxylation is 2. The van der Waals surface area contributed by atoms with Crippen molar-refractivity contribution in [3.8, 4) is 0 Å². The van der Waals surface area contributed by atoms with Gasteiger partial charge >= 0.3 is 0 Å². The maximum atomic E-state index is 10.8. The minimum absolute atomic E-state index is 0.289. The summed E-state index contributed by atoms with van der Waals surface area (Å²) in [6, 6.07) is 8.77. The molecular weight excluding hydrogens is 184 g/mol. The Morgan fingerprint density at radius 1 is 1.07 bits per heavy atom. The first-order valence-corrected chi connectivity index (χ1v) is 5.79. The summed E-state index contributed by atoms with van der Waals surface area (Å²) in [7, 11) is 0. The van der Waals surface area contributed by atoms with Gasteiger partial charge in [-0.05, 0) is 37.3 Å². The number of hydrogen-bond donors (Lipinski definition) is 0. The summed E-state index contributed by atoms with van der Waals surface area (Å²) >= 11 is 0. The lowest BCUT2D eigenvalue weighted by atomic mass is 10.0. The molecule has 0 unspecified atom stereocenters. The maximum Gasteiger partial charge on any atom is 0.129 e. The Morgan fingerprint density at radius 2 is 1.60 bits per heavy atom. The van der Waals surface area contributed by atoms with E-state index in [9.17, 15) is 4.79 Å². The van der Waals surface area contributed by atoms with Gasteiger partial charge in [-0.2, -0.15) is 0 Å². The number of hydrogen-bond acceptors (Lipinski definition) is 1. The lowest BCUT2D eigenvalue weighted by Crippen LogP contribution is -1.93. The summed E-state index contributed by atoms with van der Waals surface area (Å²) in [4.78, 5) is 10.8. The molecule has 1 heteroatoms. The second kappa shape index (κ2) is 6.39. The zero-order chi connectivity index (χ0) is 11.1. The average Bonchev–Trinajstić information content (AvgIpc) is 2.20. The molecule has 0 bridgehead atoms. The smallest absolute Gasteiger partial charge is 0.129 e. The van der Waals surface area contributed by atoms with Crippen molar-refractivity contribution in [3.05, 3.63) is 35.4 Å². The van der Waals surface area contributed by atoms with E-state index in [2.05, 4.69) is 31.2 Å². The molecule has 0 N–H and O–H groups in total. The third-order valence-corrected chi connectivity index (χ3v) is 2.56. The molecule has 0 saturated carbocycles. The molecule has 0 saturated heterocycles. The Labute approximate surface area is 92.5 Å². The van der Waals surface area contributed by atoms with E-state index in [0.29, 0.717) is 6.42 Å². The van der Waals surface area contributed by atoms with Gasteiger partial charge in [0.05, 0.1) is 0 Å². The molecule has 0 aromatic heterocycles. The van der Waals surface area contributed by atoms with Gasteiger partial charge in [-0.15, -0.1) is 0 Å². The fourth-order valence-corrected chi connectivity index (χ4v) is 1.70. The van der Waals surface area contributed by atoms with E-state index in [1.807, 2.05) is 0 Å². The van der Waals surface area contributed by atoms with Gasteiger partial charge in [0.1, 0.15) is 5.78 Å². The molecule has 0 aliphatic carbocycles. The average molecular weight is 204 g/mol. The van der Waals surface area contributed by atoms with Crippen LogP contribution >= 0.6 is 0 Å². The predicted molar refractivity (Wildman–Crippen MR) is 64.1 cm³/mol. The normalized spacial score (nSPS) is 10.3. The first-order chi connectivity index (χ1) is 7.22. The van der Waals surface area contributed by atoms with Crippen molar-refractivity contribution in [3.63, 3.8) is 0 Å². The standard InChI is InChI=1S/C14H20O/c1-3-5-13-8-10-14(11-9-13)7-4-6-12(2)15/h8-11H,3-7H2,1-2H3. The third kappa shape index (κ3) is 4.78. The Kier molecular flexibility index (Phi) is 5.09. The third-order valence-electron chi connectivity index (χ3n) is 2.56. The molecule has 0 atom stereocenters. The van der Waals surface area contributed by atoms with E-state index in [4.69, 9.17) is 0 Å². The first kappa shape index (κ1) is 12.0. The van der Waals surface area contributed by atoms with Gasteiger partial charge in [0, 0.05) is 6.42 Å². The topological polar surface area (TPSA) is 17.1 Å². The fraction of sp³-hybridized carbons (Fsp3) is 0.500. The van der Waals surface area contributed by atoms with Crippen molar-refractivity contribution in [2.45, 2.75) is 46.0 Å². The largest absolute Gasteiger partial charge is 0.300 e. The molecule has 0 heterocycles. The van der Waals surface area contributed by atoms with Gasteiger partial charge in [-0.1, -0.05) is 37.6 Å². The van der Waals surface area contributed by atoms with Crippen LogP contribution in [-0.4, -0.2) is 5.78 Å². The van der Waals surface area contributed by atoms with Crippen LogP contribution in [0, 0.1) is 0 Å². The van der Waals surface area contributed by atoms with Gasteiger partial charge in [-0.25, -0.2) is 0 Å². The minimum Gasteiger partial charge on any atom is -0.300 e. The number of benzene rings is 1. The molecule has 0 spiro atoms. The summed E-state index contributed by atoms with van der Waals surface area (Å²) in [5, 5.41) is 0. The van der Waals surface area contributed by atoms with Crippen molar-refractivity contribution in [1.82, 2.24) is 0 Å². The molecular formula is C14H20O. The van der Waals surface area contributed by atoms with Crippen LogP contribution in [0.25, 0.3) is 0 Å². The van der Waals surface area contributed by atoms with Crippen LogP contribution in [0.2, 0.25) is 0 Å². The second-order valence-corrected chi connectivity index (χ2v) is 4.12. The van der Waals surface area contributed by atoms with Crippen LogP contribution in [0.3, 0.4) is 0 Å². The molecule has 1 aromatic carbocycles. The van der Waals surface area contributed by atoms with E-state index >= 15 is 0 Å². The molecule has 0 fully saturated rings. The van der Waals surface area contributed by atoms with Crippen molar-refractivity contribution in [2.24, 2.45) is 0 Å². The summed E-state index contributed by atoms with van der Waals surface area (Å²) in [6.45, 7) is 3.85. The Balaban J connectivity index is 2.39. The maximum absolute atomic E-state index is 10.8. The molecule has 82 valence electrons. The quantitative estimate of drug-likeness (QED) is 0.692.